The smallest absolute Gasteiger partial charge is 0.165 e. The van der Waals surface area contributed by atoms with E-state index in [0.717, 1.165) is 5.56 Å². The van der Waals surface area contributed by atoms with E-state index in [9.17, 15) is 12.8 Å². The standard InChI is InChI=1S/C20H24FN3O3S/c1-19(2)18(22)24-20(3,12-28(19,25)26)17-15(21)10-9-14(23-17)11-13-7-5-6-8-16(13)27-4/h5-10H,11-12H2,1-4H3,(H2,22,24)/t20-/m1/s1. The molecule has 1 aliphatic heterocycles. The Kier molecular flexibility index (Phi) is 4.95. The highest BCUT2D eigenvalue weighted by Gasteiger charge is 2.50. The van der Waals surface area contributed by atoms with Crippen LogP contribution in [0.2, 0.25) is 0 Å². The molecule has 2 aromatic rings. The number of aromatic nitrogens is 1. The van der Waals surface area contributed by atoms with Crippen molar-refractivity contribution in [2.75, 3.05) is 12.9 Å². The van der Waals surface area contributed by atoms with Gasteiger partial charge in [-0.05, 0) is 39.0 Å². The van der Waals surface area contributed by atoms with Crippen LogP contribution in [0.15, 0.2) is 41.4 Å². The van der Waals surface area contributed by atoms with Crippen molar-refractivity contribution in [1.29, 1.82) is 0 Å². The van der Waals surface area contributed by atoms with Gasteiger partial charge in [0.2, 0.25) is 0 Å². The molecular weight excluding hydrogens is 381 g/mol. The van der Waals surface area contributed by atoms with E-state index in [4.69, 9.17) is 10.5 Å². The summed E-state index contributed by atoms with van der Waals surface area (Å²) in [5.74, 6) is -0.323. The fourth-order valence-corrected chi connectivity index (χ4v) is 4.93. The van der Waals surface area contributed by atoms with Crippen molar-refractivity contribution in [3.8, 4) is 5.75 Å². The van der Waals surface area contributed by atoms with Gasteiger partial charge >= 0.3 is 0 Å². The predicted molar refractivity (Wildman–Crippen MR) is 107 cm³/mol. The van der Waals surface area contributed by atoms with Crippen LogP contribution in [0.25, 0.3) is 0 Å². The van der Waals surface area contributed by atoms with Gasteiger partial charge in [-0.1, -0.05) is 18.2 Å². The van der Waals surface area contributed by atoms with Gasteiger partial charge in [-0.3, -0.25) is 9.98 Å². The Balaban J connectivity index is 2.06. The predicted octanol–water partition coefficient (Wildman–Crippen LogP) is 2.60. The van der Waals surface area contributed by atoms with Crippen LogP contribution in [0.3, 0.4) is 0 Å². The van der Waals surface area contributed by atoms with E-state index < -0.39 is 25.9 Å². The van der Waals surface area contributed by atoms with Crippen molar-refractivity contribution in [2.45, 2.75) is 37.5 Å². The fraction of sp³-hybridized carbons (Fsp3) is 0.400. The third kappa shape index (κ3) is 3.37. The number of nitrogens with zero attached hydrogens (tertiary/aromatic N) is 2. The van der Waals surface area contributed by atoms with Crippen LogP contribution in [-0.2, 0) is 21.8 Å². The zero-order chi connectivity index (χ0) is 20.7. The molecule has 1 aromatic carbocycles. The van der Waals surface area contributed by atoms with Crippen LogP contribution < -0.4 is 10.5 Å². The molecule has 1 atom stereocenters. The average molecular weight is 405 g/mol. The van der Waals surface area contributed by atoms with Gasteiger partial charge in [0, 0.05) is 17.7 Å². The molecule has 0 unspecified atom stereocenters. The number of hydrogen-bond donors (Lipinski definition) is 1. The van der Waals surface area contributed by atoms with Gasteiger partial charge in [0.25, 0.3) is 0 Å². The molecule has 0 radical (unpaired) electrons. The first kappa shape index (κ1) is 20.3. The quantitative estimate of drug-likeness (QED) is 0.844. The maximum absolute atomic E-state index is 14.7. The highest BCUT2D eigenvalue weighted by molar-refractivity contribution is 7.93. The van der Waals surface area contributed by atoms with Gasteiger partial charge < -0.3 is 10.5 Å². The molecule has 0 amide bonds. The number of rotatable bonds is 4. The van der Waals surface area contributed by atoms with Crippen LogP contribution >= 0.6 is 0 Å². The van der Waals surface area contributed by atoms with Crippen molar-refractivity contribution in [1.82, 2.24) is 4.98 Å². The van der Waals surface area contributed by atoms with Crippen LogP contribution in [0, 0.1) is 5.82 Å². The highest BCUT2D eigenvalue weighted by atomic mass is 32.2. The largest absolute Gasteiger partial charge is 0.496 e. The Morgan fingerprint density at radius 1 is 1.18 bits per heavy atom. The first-order valence-electron chi connectivity index (χ1n) is 8.86. The minimum absolute atomic E-state index is 0.0260. The number of nitrogens with two attached hydrogens (primary N) is 1. The second kappa shape index (κ2) is 6.84. The van der Waals surface area contributed by atoms with E-state index in [1.165, 1.54) is 19.9 Å². The fourth-order valence-electron chi connectivity index (χ4n) is 3.27. The van der Waals surface area contributed by atoms with E-state index in [2.05, 4.69) is 9.98 Å². The van der Waals surface area contributed by atoms with E-state index in [1.54, 1.807) is 20.1 Å². The van der Waals surface area contributed by atoms with E-state index in [0.29, 0.717) is 17.9 Å². The molecule has 28 heavy (non-hydrogen) atoms. The number of sulfone groups is 1. The van der Waals surface area contributed by atoms with Gasteiger partial charge in [-0.15, -0.1) is 0 Å². The SMILES string of the molecule is COc1ccccc1Cc1ccc(F)c([C@@]2(C)CS(=O)(=O)C(C)(C)C(N)=N2)n1. The normalized spacial score (nSPS) is 23.1. The lowest BCUT2D eigenvalue weighted by molar-refractivity contribution is 0.410. The number of para-hydroxylation sites is 1. The first-order chi connectivity index (χ1) is 13.0. The summed E-state index contributed by atoms with van der Waals surface area (Å²) in [6.07, 6.45) is 0.408. The van der Waals surface area contributed by atoms with E-state index in [-0.39, 0.29) is 17.3 Å². The van der Waals surface area contributed by atoms with Crippen LogP contribution in [0.1, 0.15) is 37.7 Å². The van der Waals surface area contributed by atoms with E-state index >= 15 is 0 Å². The molecule has 2 heterocycles. The van der Waals surface area contributed by atoms with Gasteiger partial charge in [0.05, 0.1) is 12.9 Å². The highest BCUT2D eigenvalue weighted by Crippen LogP contribution is 2.37. The minimum atomic E-state index is -3.65. The topological polar surface area (TPSA) is 94.6 Å². The summed E-state index contributed by atoms with van der Waals surface area (Å²) in [5, 5.41) is 0. The zero-order valence-electron chi connectivity index (χ0n) is 16.4. The van der Waals surface area contributed by atoms with Crippen molar-refractivity contribution in [3.05, 3.63) is 59.2 Å². The molecule has 2 N–H and O–H groups in total. The molecule has 8 heteroatoms. The Morgan fingerprint density at radius 2 is 1.86 bits per heavy atom. The monoisotopic (exact) mass is 405 g/mol. The van der Waals surface area contributed by atoms with Crippen molar-refractivity contribution >= 4 is 15.7 Å². The Morgan fingerprint density at radius 3 is 2.50 bits per heavy atom. The summed E-state index contributed by atoms with van der Waals surface area (Å²) in [5.41, 5.74) is 6.01. The first-order valence-corrected chi connectivity index (χ1v) is 10.5. The van der Waals surface area contributed by atoms with Crippen molar-refractivity contribution in [2.24, 2.45) is 10.7 Å². The molecule has 0 fully saturated rings. The second-order valence-corrected chi connectivity index (χ2v) is 10.2. The minimum Gasteiger partial charge on any atom is -0.496 e. The Bertz CT molecular complexity index is 1050. The summed E-state index contributed by atoms with van der Waals surface area (Å²) in [7, 11) is -2.07. The van der Waals surface area contributed by atoms with Crippen LogP contribution in [0.4, 0.5) is 4.39 Å². The van der Waals surface area contributed by atoms with Gasteiger partial charge in [-0.2, -0.15) is 0 Å². The second-order valence-electron chi connectivity index (χ2n) is 7.66. The summed E-state index contributed by atoms with van der Waals surface area (Å²) in [4.78, 5) is 8.79. The number of halogens is 1. The molecule has 0 saturated heterocycles. The van der Waals surface area contributed by atoms with Crippen molar-refractivity contribution < 1.29 is 17.5 Å². The average Bonchev–Trinajstić information content (AvgIpc) is 2.62. The summed E-state index contributed by atoms with van der Waals surface area (Å²) in [6, 6.07) is 10.3. The third-order valence-electron chi connectivity index (χ3n) is 5.21. The number of methoxy groups -OCH3 is 1. The summed E-state index contributed by atoms with van der Waals surface area (Å²) >= 11 is 0. The lowest BCUT2D eigenvalue weighted by Gasteiger charge is -2.37. The maximum Gasteiger partial charge on any atom is 0.165 e. The third-order valence-corrected chi connectivity index (χ3v) is 7.92. The van der Waals surface area contributed by atoms with Crippen molar-refractivity contribution in [3.63, 3.8) is 0 Å². The van der Waals surface area contributed by atoms with Crippen LogP contribution in [0.5, 0.6) is 5.75 Å². The number of aliphatic imine (C=N–C) groups is 1. The van der Waals surface area contributed by atoms with Gasteiger partial charge in [0.1, 0.15) is 33.4 Å². The molecule has 1 aromatic heterocycles. The maximum atomic E-state index is 14.7. The molecule has 1 aliphatic rings. The van der Waals surface area contributed by atoms with Gasteiger partial charge in [0.15, 0.2) is 9.84 Å². The number of pyridine rings is 1. The lowest BCUT2D eigenvalue weighted by atomic mass is 9.97. The zero-order valence-corrected chi connectivity index (χ0v) is 17.2. The number of benzene rings is 1. The van der Waals surface area contributed by atoms with Crippen LogP contribution in [-0.4, -0.2) is 36.8 Å². The Labute approximate surface area is 164 Å². The summed E-state index contributed by atoms with van der Waals surface area (Å²) < 4.78 is 44.2. The number of hydrogen-bond acceptors (Lipinski definition) is 6. The molecule has 0 aliphatic carbocycles. The number of ether oxygens (including phenoxy) is 1. The molecule has 3 rings (SSSR count). The van der Waals surface area contributed by atoms with Gasteiger partial charge in [-0.25, -0.2) is 12.8 Å². The molecule has 0 saturated carbocycles. The molecule has 0 bridgehead atoms. The number of amidine groups is 1. The lowest BCUT2D eigenvalue weighted by Crippen LogP contribution is -2.55. The van der Waals surface area contributed by atoms with E-state index in [1.807, 2.05) is 24.3 Å². The Hall–Kier alpha value is -2.48. The molecule has 6 nitrogen and oxygen atoms in total. The molecule has 150 valence electrons. The summed E-state index contributed by atoms with van der Waals surface area (Å²) in [6.45, 7) is 4.55. The molecule has 0 spiro atoms. The molecular formula is C20H24FN3O3S.